The summed E-state index contributed by atoms with van der Waals surface area (Å²) in [6.07, 6.45) is 0. The van der Waals surface area contributed by atoms with Crippen LogP contribution in [0.4, 0.5) is 17.1 Å². The minimum Gasteiger partial charge on any atom is -0.378 e. The van der Waals surface area contributed by atoms with Crippen molar-refractivity contribution in [1.29, 1.82) is 0 Å². The van der Waals surface area contributed by atoms with Crippen LogP contribution in [-0.2, 0) is 0 Å². The third-order valence-corrected chi connectivity index (χ3v) is 7.75. The molecule has 0 unspecified atom stereocenters. The van der Waals surface area contributed by atoms with E-state index >= 15 is 0 Å². The second-order valence-electron chi connectivity index (χ2n) is 7.70. The zero-order chi connectivity index (χ0) is 20.3. The highest BCUT2D eigenvalue weighted by molar-refractivity contribution is 6.95. The fourth-order valence-corrected chi connectivity index (χ4v) is 5.78. The summed E-state index contributed by atoms with van der Waals surface area (Å²) in [6, 6.07) is 27.1. The average Bonchev–Trinajstić information content (AvgIpc) is 2.69. The normalized spacial score (nSPS) is 10.8. The van der Waals surface area contributed by atoms with Gasteiger partial charge in [-0.15, -0.1) is 0 Å². The van der Waals surface area contributed by atoms with Crippen molar-refractivity contribution in [3.05, 3.63) is 72.8 Å². The summed E-state index contributed by atoms with van der Waals surface area (Å²) in [5.74, 6) is 0. The molecule has 0 saturated carbocycles. The predicted molar refractivity (Wildman–Crippen MR) is 127 cm³/mol. The van der Waals surface area contributed by atoms with Crippen molar-refractivity contribution in [3.8, 4) is 0 Å². The summed E-state index contributed by atoms with van der Waals surface area (Å²) in [5.41, 5.74) is 3.70. The van der Waals surface area contributed by atoms with Gasteiger partial charge in [0.15, 0.2) is 8.80 Å². The van der Waals surface area contributed by atoms with Crippen LogP contribution >= 0.6 is 0 Å². The van der Waals surface area contributed by atoms with Gasteiger partial charge >= 0.3 is 0 Å². The molecule has 0 bridgehead atoms. The van der Waals surface area contributed by atoms with Gasteiger partial charge in [-0.1, -0.05) is 52.0 Å². The van der Waals surface area contributed by atoms with Crippen LogP contribution in [0.2, 0.25) is 0 Å². The van der Waals surface area contributed by atoms with Crippen LogP contribution in [0.15, 0.2) is 72.8 Å². The van der Waals surface area contributed by atoms with E-state index in [9.17, 15) is 0 Å². The Morgan fingerprint density at radius 1 is 0.393 bits per heavy atom. The number of nitrogens with zero attached hydrogens (tertiary/aromatic N) is 3. The molecule has 4 heteroatoms. The highest BCUT2D eigenvalue weighted by atomic mass is 28.3. The molecule has 3 aromatic rings. The van der Waals surface area contributed by atoms with E-state index in [2.05, 4.69) is 130 Å². The summed E-state index contributed by atoms with van der Waals surface area (Å²) in [4.78, 5) is 6.44. The van der Waals surface area contributed by atoms with Crippen molar-refractivity contribution < 1.29 is 0 Å². The largest absolute Gasteiger partial charge is 0.378 e. The van der Waals surface area contributed by atoms with Gasteiger partial charge in [0.1, 0.15) is 0 Å². The lowest BCUT2D eigenvalue weighted by Gasteiger charge is -2.21. The number of hydrogen-bond donors (Lipinski definition) is 0. The number of hydrogen-bond acceptors (Lipinski definition) is 3. The lowest BCUT2D eigenvalue weighted by Crippen LogP contribution is -2.52. The van der Waals surface area contributed by atoms with E-state index in [4.69, 9.17) is 0 Å². The van der Waals surface area contributed by atoms with Crippen molar-refractivity contribution in [2.24, 2.45) is 0 Å². The molecule has 0 atom stereocenters. The maximum absolute atomic E-state index is 2.29. The van der Waals surface area contributed by atoms with Crippen LogP contribution in [-0.4, -0.2) is 51.1 Å². The highest BCUT2D eigenvalue weighted by Gasteiger charge is 2.20. The Kier molecular flexibility index (Phi) is 6.10. The monoisotopic (exact) mass is 388 g/mol. The Balaban J connectivity index is 2.04. The standard InChI is InChI=1S/C24H30N3Si/c1-25(2)19-7-13-22(14-8-19)28(23-15-9-20(10-16-23)26(3)4)24-17-11-21(12-18-24)27(5)6/h7-18H,1-6H3. The fraction of sp³-hybridized carbons (Fsp3) is 0.250. The average molecular weight is 389 g/mol. The van der Waals surface area contributed by atoms with Gasteiger partial charge in [-0.05, 0) is 36.4 Å². The summed E-state index contributed by atoms with van der Waals surface area (Å²) >= 11 is 0. The first kappa shape index (κ1) is 20.0. The molecule has 145 valence electrons. The zero-order valence-electron chi connectivity index (χ0n) is 17.8. The van der Waals surface area contributed by atoms with Crippen molar-refractivity contribution >= 4 is 41.4 Å². The molecule has 0 spiro atoms. The van der Waals surface area contributed by atoms with Gasteiger partial charge in [-0.3, -0.25) is 0 Å². The maximum atomic E-state index is 2.29. The molecule has 0 aliphatic carbocycles. The van der Waals surface area contributed by atoms with Gasteiger partial charge in [0.2, 0.25) is 0 Å². The number of anilines is 3. The van der Waals surface area contributed by atoms with Crippen LogP contribution in [0.5, 0.6) is 0 Å². The van der Waals surface area contributed by atoms with E-state index in [-0.39, 0.29) is 0 Å². The van der Waals surface area contributed by atoms with Crippen LogP contribution in [0.1, 0.15) is 0 Å². The molecule has 0 fully saturated rings. The Morgan fingerprint density at radius 2 is 0.607 bits per heavy atom. The zero-order valence-corrected chi connectivity index (χ0v) is 18.8. The smallest absolute Gasteiger partial charge is 0.154 e. The molecule has 3 nitrogen and oxygen atoms in total. The van der Waals surface area contributed by atoms with Gasteiger partial charge in [0.05, 0.1) is 0 Å². The van der Waals surface area contributed by atoms with Gasteiger partial charge in [0, 0.05) is 59.3 Å². The van der Waals surface area contributed by atoms with E-state index in [1.54, 1.807) is 0 Å². The molecule has 0 aliphatic rings. The summed E-state index contributed by atoms with van der Waals surface area (Å²) in [7, 11) is 11.4. The lowest BCUT2D eigenvalue weighted by molar-refractivity contribution is 1.13. The molecule has 0 saturated heterocycles. The minimum atomic E-state index is -1.06. The molecule has 3 aromatic carbocycles. The summed E-state index contributed by atoms with van der Waals surface area (Å²) in [5, 5.41) is 4.22. The van der Waals surface area contributed by atoms with E-state index in [1.165, 1.54) is 32.6 Å². The highest BCUT2D eigenvalue weighted by Crippen LogP contribution is 2.12. The quantitative estimate of drug-likeness (QED) is 0.474. The van der Waals surface area contributed by atoms with Crippen molar-refractivity contribution in [1.82, 2.24) is 0 Å². The Morgan fingerprint density at radius 3 is 0.786 bits per heavy atom. The van der Waals surface area contributed by atoms with Gasteiger partial charge in [0.25, 0.3) is 0 Å². The lowest BCUT2D eigenvalue weighted by atomic mass is 10.3. The van der Waals surface area contributed by atoms with E-state index in [0.29, 0.717) is 0 Å². The number of rotatable bonds is 6. The molecule has 0 heterocycles. The van der Waals surface area contributed by atoms with Crippen molar-refractivity contribution in [2.45, 2.75) is 0 Å². The van der Waals surface area contributed by atoms with Crippen LogP contribution < -0.4 is 30.3 Å². The SMILES string of the molecule is CN(C)c1ccc([Si](c2ccc(N(C)C)cc2)c2ccc(N(C)C)cc2)cc1. The Bertz CT molecular complexity index is 760. The number of benzene rings is 3. The second kappa shape index (κ2) is 8.53. The predicted octanol–water partition coefficient (Wildman–Crippen LogP) is 2.40. The van der Waals surface area contributed by atoms with E-state index in [0.717, 1.165) is 0 Å². The third kappa shape index (κ3) is 4.39. The molecule has 28 heavy (non-hydrogen) atoms. The molecule has 0 aromatic heterocycles. The maximum Gasteiger partial charge on any atom is 0.154 e. The van der Waals surface area contributed by atoms with Crippen LogP contribution in [0.25, 0.3) is 0 Å². The third-order valence-electron chi connectivity index (χ3n) is 5.02. The summed E-state index contributed by atoms with van der Waals surface area (Å²) < 4.78 is 0. The fourth-order valence-electron chi connectivity index (χ4n) is 3.28. The molecule has 0 amide bonds. The minimum absolute atomic E-state index is 1.06. The second-order valence-corrected chi connectivity index (χ2v) is 10.2. The molecule has 1 radical (unpaired) electrons. The van der Waals surface area contributed by atoms with Gasteiger partial charge in [-0.25, -0.2) is 0 Å². The van der Waals surface area contributed by atoms with Crippen molar-refractivity contribution in [3.63, 3.8) is 0 Å². The summed E-state index contributed by atoms with van der Waals surface area (Å²) in [6.45, 7) is 0. The molecule has 3 rings (SSSR count). The van der Waals surface area contributed by atoms with Gasteiger partial charge < -0.3 is 14.7 Å². The van der Waals surface area contributed by atoms with Crippen molar-refractivity contribution in [2.75, 3.05) is 57.0 Å². The van der Waals surface area contributed by atoms with Crippen LogP contribution in [0, 0.1) is 0 Å². The molecule has 0 aliphatic heterocycles. The molecular weight excluding hydrogens is 358 g/mol. The first-order valence-electron chi connectivity index (χ1n) is 9.57. The van der Waals surface area contributed by atoms with Gasteiger partial charge in [-0.2, -0.15) is 0 Å². The molecular formula is C24H30N3Si. The molecule has 0 N–H and O–H groups in total. The van der Waals surface area contributed by atoms with E-state index in [1.807, 2.05) is 0 Å². The first-order valence-corrected chi connectivity index (χ1v) is 11.1. The topological polar surface area (TPSA) is 9.72 Å². The first-order chi connectivity index (χ1) is 13.4. The Labute approximate surface area is 171 Å². The Hall–Kier alpha value is -2.72. The van der Waals surface area contributed by atoms with E-state index < -0.39 is 8.80 Å². The van der Waals surface area contributed by atoms with Crippen LogP contribution in [0.3, 0.4) is 0 Å².